The van der Waals surface area contributed by atoms with Gasteiger partial charge in [-0.2, -0.15) is 9.78 Å². The Balaban J connectivity index is 1.60. The lowest BCUT2D eigenvalue weighted by Gasteiger charge is -2.08. The van der Waals surface area contributed by atoms with Crippen molar-refractivity contribution in [3.05, 3.63) is 92.1 Å². The molecule has 0 radical (unpaired) electrons. The Bertz CT molecular complexity index is 1690. The number of hydrogen-bond acceptors (Lipinski definition) is 6. The summed E-state index contributed by atoms with van der Waals surface area (Å²) in [5.74, 6) is -0.261. The average molecular weight is 553 g/mol. The zero-order valence-electron chi connectivity index (χ0n) is 17.8. The van der Waals surface area contributed by atoms with Crippen LogP contribution in [0.2, 0.25) is 5.02 Å². The van der Waals surface area contributed by atoms with Crippen LogP contribution in [-0.2, 0) is 4.79 Å². The minimum Gasteiger partial charge on any atom is -0.480 e. The number of furan rings is 1. The summed E-state index contributed by atoms with van der Waals surface area (Å²) in [6, 6.07) is 19.1. The van der Waals surface area contributed by atoms with Gasteiger partial charge in [0.1, 0.15) is 11.3 Å². The van der Waals surface area contributed by atoms with Gasteiger partial charge in [-0.25, -0.2) is 9.78 Å². The van der Waals surface area contributed by atoms with Crippen LogP contribution in [0.15, 0.2) is 85.5 Å². The van der Waals surface area contributed by atoms with Crippen molar-refractivity contribution < 1.29 is 19.1 Å². The van der Waals surface area contributed by atoms with Crippen LogP contribution in [0.3, 0.4) is 0 Å². The fraction of sp³-hybridized carbons (Fsp3) is 0.0400. The quantitative estimate of drug-likeness (QED) is 0.276. The van der Waals surface area contributed by atoms with E-state index in [0.717, 1.165) is 9.86 Å². The molecule has 10 heteroatoms. The first-order valence-corrected chi connectivity index (χ1v) is 11.5. The van der Waals surface area contributed by atoms with Gasteiger partial charge >= 0.3 is 5.97 Å². The van der Waals surface area contributed by atoms with Crippen molar-refractivity contribution in [3.63, 3.8) is 0 Å². The maximum atomic E-state index is 13.3. The van der Waals surface area contributed by atoms with Crippen LogP contribution in [0, 0.1) is 0 Å². The number of aliphatic carboxylic acids is 1. The highest BCUT2D eigenvalue weighted by Gasteiger charge is 2.16. The van der Waals surface area contributed by atoms with Gasteiger partial charge in [0.2, 0.25) is 5.82 Å². The van der Waals surface area contributed by atoms with Gasteiger partial charge in [-0.05, 0) is 60.2 Å². The summed E-state index contributed by atoms with van der Waals surface area (Å²) in [6.07, 6.45) is 1.45. The van der Waals surface area contributed by atoms with E-state index in [-0.39, 0.29) is 22.2 Å². The highest BCUT2D eigenvalue weighted by molar-refractivity contribution is 9.10. The number of aromatic nitrogens is 2. The molecule has 1 N–H and O–H groups in total. The topological polar surface area (TPSA) is 107 Å². The van der Waals surface area contributed by atoms with Crippen LogP contribution in [0.1, 0.15) is 5.56 Å². The number of ether oxygens (including phenoxy) is 1. The van der Waals surface area contributed by atoms with Crippen molar-refractivity contribution in [2.45, 2.75) is 0 Å². The number of carboxylic acid groups (broad SMARTS) is 1. The highest BCUT2D eigenvalue weighted by Crippen LogP contribution is 2.29. The summed E-state index contributed by atoms with van der Waals surface area (Å²) in [6.45, 7) is -0.511. The molecule has 0 aliphatic rings. The van der Waals surface area contributed by atoms with E-state index in [0.29, 0.717) is 27.8 Å². The largest absolute Gasteiger partial charge is 0.480 e. The zero-order chi connectivity index (χ0) is 24.5. The second kappa shape index (κ2) is 9.36. The highest BCUT2D eigenvalue weighted by atomic mass is 79.9. The third-order valence-electron chi connectivity index (χ3n) is 5.08. The molecular weight excluding hydrogens is 538 g/mol. The first-order chi connectivity index (χ1) is 16.9. The Morgan fingerprint density at radius 3 is 2.80 bits per heavy atom. The molecule has 174 valence electrons. The average Bonchev–Trinajstić information content (AvgIpc) is 3.25. The van der Waals surface area contributed by atoms with Crippen LogP contribution in [-0.4, -0.2) is 33.6 Å². The van der Waals surface area contributed by atoms with Crippen LogP contribution < -0.4 is 10.3 Å². The van der Waals surface area contributed by atoms with E-state index in [1.54, 1.807) is 42.5 Å². The summed E-state index contributed by atoms with van der Waals surface area (Å²) < 4.78 is 13.2. The normalized spacial score (nSPS) is 11.5. The predicted octanol–water partition coefficient (Wildman–Crippen LogP) is 5.57. The monoisotopic (exact) mass is 551 g/mol. The smallest absolute Gasteiger partial charge is 0.341 e. The first-order valence-electron chi connectivity index (χ1n) is 10.3. The number of benzene rings is 3. The SMILES string of the molecule is O=C(O)COc1ccc(C=Nn2c(-c3cc4cc(Br)ccc4o3)nc3ccccc3c2=O)cc1Cl. The molecule has 0 fully saturated rings. The van der Waals surface area contributed by atoms with Gasteiger partial charge in [0.25, 0.3) is 5.56 Å². The van der Waals surface area contributed by atoms with Crippen LogP contribution in [0.5, 0.6) is 5.75 Å². The molecule has 2 aromatic heterocycles. The Kier molecular flexibility index (Phi) is 6.10. The fourth-order valence-corrected chi connectivity index (χ4v) is 4.12. The van der Waals surface area contributed by atoms with Crippen molar-refractivity contribution in [1.29, 1.82) is 0 Å². The van der Waals surface area contributed by atoms with E-state index in [2.05, 4.69) is 26.0 Å². The Labute approximate surface area is 211 Å². The number of carboxylic acids is 1. The fourth-order valence-electron chi connectivity index (χ4n) is 3.49. The number of carbonyl (C=O) groups is 1. The molecule has 5 rings (SSSR count). The lowest BCUT2D eigenvalue weighted by atomic mass is 10.2. The minimum absolute atomic E-state index is 0.210. The third kappa shape index (κ3) is 4.68. The maximum absolute atomic E-state index is 13.3. The molecule has 0 bridgehead atoms. The second-order valence-electron chi connectivity index (χ2n) is 7.48. The molecule has 0 aliphatic carbocycles. The maximum Gasteiger partial charge on any atom is 0.341 e. The molecule has 2 heterocycles. The molecule has 0 saturated heterocycles. The molecule has 0 aliphatic heterocycles. The van der Waals surface area contributed by atoms with Gasteiger partial charge in [-0.15, -0.1) is 0 Å². The molecule has 8 nitrogen and oxygen atoms in total. The molecular formula is C25H15BrClN3O5. The van der Waals surface area contributed by atoms with Gasteiger partial charge in [0.05, 0.1) is 22.1 Å². The Morgan fingerprint density at radius 2 is 2.00 bits per heavy atom. The molecule has 0 spiro atoms. The van der Waals surface area contributed by atoms with Crippen molar-refractivity contribution >= 4 is 61.6 Å². The predicted molar refractivity (Wildman–Crippen MR) is 136 cm³/mol. The van der Waals surface area contributed by atoms with Crippen molar-refractivity contribution in [1.82, 2.24) is 9.66 Å². The first kappa shape index (κ1) is 22.8. The lowest BCUT2D eigenvalue weighted by Crippen LogP contribution is -2.20. The van der Waals surface area contributed by atoms with Crippen molar-refractivity contribution in [2.75, 3.05) is 6.61 Å². The zero-order valence-corrected chi connectivity index (χ0v) is 20.2. The molecule has 0 amide bonds. The van der Waals surface area contributed by atoms with Crippen LogP contribution >= 0.6 is 27.5 Å². The number of para-hydroxylation sites is 1. The van der Waals surface area contributed by atoms with Gasteiger partial charge in [-0.3, -0.25) is 4.79 Å². The van der Waals surface area contributed by atoms with E-state index < -0.39 is 12.6 Å². The van der Waals surface area contributed by atoms with Crippen LogP contribution in [0.4, 0.5) is 0 Å². The standard InChI is InChI=1S/C25H15BrClN3O5/c26-16-6-8-20-15(10-16)11-22(35-20)24-29-19-4-2-1-3-17(19)25(33)30(24)28-12-14-5-7-21(18(27)9-14)34-13-23(31)32/h1-12H,13H2,(H,31,32). The summed E-state index contributed by atoms with van der Waals surface area (Å²) >= 11 is 9.66. The van der Waals surface area contributed by atoms with E-state index in [1.807, 2.05) is 18.2 Å². The van der Waals surface area contributed by atoms with Crippen molar-refractivity contribution in [2.24, 2.45) is 5.10 Å². The van der Waals surface area contributed by atoms with Gasteiger partial charge in [0, 0.05) is 9.86 Å². The summed E-state index contributed by atoms with van der Waals surface area (Å²) in [5.41, 5.74) is 1.36. The molecule has 35 heavy (non-hydrogen) atoms. The number of hydrogen-bond donors (Lipinski definition) is 1. The second-order valence-corrected chi connectivity index (χ2v) is 8.80. The van der Waals surface area contributed by atoms with E-state index >= 15 is 0 Å². The van der Waals surface area contributed by atoms with Crippen LogP contribution in [0.25, 0.3) is 33.5 Å². The molecule has 0 atom stereocenters. The summed E-state index contributed by atoms with van der Waals surface area (Å²) in [7, 11) is 0. The number of nitrogens with zero attached hydrogens (tertiary/aromatic N) is 3. The Hall–Kier alpha value is -3.95. The number of rotatable bonds is 6. The summed E-state index contributed by atoms with van der Waals surface area (Å²) in [5, 5.41) is 14.6. The van der Waals surface area contributed by atoms with E-state index in [4.69, 9.17) is 25.9 Å². The van der Waals surface area contributed by atoms with E-state index in [9.17, 15) is 9.59 Å². The van der Waals surface area contributed by atoms with Gasteiger partial charge < -0.3 is 14.3 Å². The van der Waals surface area contributed by atoms with Gasteiger partial charge in [-0.1, -0.05) is 39.7 Å². The third-order valence-corrected chi connectivity index (χ3v) is 5.87. The summed E-state index contributed by atoms with van der Waals surface area (Å²) in [4.78, 5) is 28.7. The number of fused-ring (bicyclic) bond motifs is 2. The molecule has 3 aromatic carbocycles. The molecule has 0 saturated carbocycles. The van der Waals surface area contributed by atoms with Crippen molar-refractivity contribution in [3.8, 4) is 17.3 Å². The molecule has 5 aromatic rings. The number of halogens is 2. The van der Waals surface area contributed by atoms with Gasteiger partial charge in [0.15, 0.2) is 12.4 Å². The minimum atomic E-state index is -1.11. The Morgan fingerprint density at radius 1 is 1.17 bits per heavy atom. The molecule has 0 unspecified atom stereocenters. The lowest BCUT2D eigenvalue weighted by molar-refractivity contribution is -0.139. The van der Waals surface area contributed by atoms with E-state index in [1.165, 1.54) is 17.0 Å².